The lowest BCUT2D eigenvalue weighted by atomic mass is 9.80. The smallest absolute Gasteiger partial charge is 0.0568 e. The third-order valence-corrected chi connectivity index (χ3v) is 9.49. The Morgan fingerprint density at radius 2 is 1.40 bits per heavy atom. The third kappa shape index (κ3) is 8.00. The van der Waals surface area contributed by atoms with Gasteiger partial charge >= 0.3 is 0 Å². The molecule has 2 aliphatic heterocycles. The number of unbranched alkanes of at least 4 members (excludes halogenated alkanes) is 8. The molecular weight excluding hydrogens is 508 g/mol. The molecule has 2 nitrogen and oxygen atoms in total. The lowest BCUT2D eigenvalue weighted by molar-refractivity contribution is 0.468. The molecule has 0 fully saturated rings. The topological polar surface area (TPSA) is 6.48 Å². The summed E-state index contributed by atoms with van der Waals surface area (Å²) in [6, 6.07) is 18.5. The minimum atomic E-state index is 0.0912. The average Bonchev–Trinajstić information content (AvgIpc) is 3.45. The Morgan fingerprint density at radius 1 is 0.762 bits per heavy atom. The normalized spacial score (nSPS) is 18.8. The van der Waals surface area contributed by atoms with E-state index >= 15 is 0 Å². The molecule has 42 heavy (non-hydrogen) atoms. The minimum Gasteiger partial charge on any atom is -0.364 e. The van der Waals surface area contributed by atoms with Gasteiger partial charge in [-0.1, -0.05) is 147 Å². The molecule has 2 heteroatoms. The van der Waals surface area contributed by atoms with Gasteiger partial charge in [0.15, 0.2) is 0 Å². The van der Waals surface area contributed by atoms with E-state index in [4.69, 9.17) is 0 Å². The highest BCUT2D eigenvalue weighted by Gasteiger charge is 2.42. The van der Waals surface area contributed by atoms with Gasteiger partial charge in [-0.2, -0.15) is 0 Å². The van der Waals surface area contributed by atoms with Crippen LogP contribution >= 0.6 is 0 Å². The molecule has 0 spiro atoms. The summed E-state index contributed by atoms with van der Waals surface area (Å²) in [5, 5.41) is 0. The van der Waals surface area contributed by atoms with Gasteiger partial charge in [0.05, 0.1) is 6.04 Å². The van der Waals surface area contributed by atoms with Gasteiger partial charge in [0, 0.05) is 42.0 Å². The number of hydrogen-bond acceptors (Lipinski definition) is 2. The molecule has 0 aliphatic carbocycles. The fourth-order valence-corrected chi connectivity index (χ4v) is 7.04. The van der Waals surface area contributed by atoms with E-state index in [9.17, 15) is 0 Å². The summed E-state index contributed by atoms with van der Waals surface area (Å²) in [6.45, 7) is 14.1. The maximum absolute atomic E-state index is 2.70. The summed E-state index contributed by atoms with van der Waals surface area (Å²) >= 11 is 0. The van der Waals surface area contributed by atoms with Crippen molar-refractivity contribution in [1.29, 1.82) is 0 Å². The van der Waals surface area contributed by atoms with Gasteiger partial charge in [0.25, 0.3) is 0 Å². The van der Waals surface area contributed by atoms with E-state index in [0.717, 1.165) is 32.4 Å². The van der Waals surface area contributed by atoms with E-state index < -0.39 is 0 Å². The number of fused-ring (bicyclic) bond motifs is 2. The number of anilines is 2. The van der Waals surface area contributed by atoms with Gasteiger partial charge in [0.2, 0.25) is 0 Å². The summed E-state index contributed by atoms with van der Waals surface area (Å²) in [6.07, 6.45) is 26.4. The first-order chi connectivity index (χ1) is 20.5. The minimum absolute atomic E-state index is 0.0912. The lowest BCUT2D eigenvalue weighted by Crippen LogP contribution is -2.40. The Bertz CT molecular complexity index is 1200. The highest BCUT2D eigenvalue weighted by molar-refractivity contribution is 5.66. The Morgan fingerprint density at radius 3 is 2.12 bits per heavy atom. The van der Waals surface area contributed by atoms with E-state index in [0.29, 0.717) is 6.04 Å². The number of rotatable bonds is 17. The van der Waals surface area contributed by atoms with Gasteiger partial charge in [-0.05, 0) is 54.2 Å². The van der Waals surface area contributed by atoms with Crippen LogP contribution in [0.1, 0.15) is 123 Å². The largest absolute Gasteiger partial charge is 0.364 e. The van der Waals surface area contributed by atoms with E-state index in [1.54, 1.807) is 0 Å². The average molecular weight is 567 g/mol. The predicted molar refractivity (Wildman–Crippen MR) is 186 cm³/mol. The third-order valence-electron chi connectivity index (χ3n) is 9.49. The molecule has 2 aliphatic rings. The zero-order valence-corrected chi connectivity index (χ0v) is 27.5. The van der Waals surface area contributed by atoms with Crippen molar-refractivity contribution in [3.8, 4) is 0 Å². The van der Waals surface area contributed by atoms with Crippen LogP contribution < -0.4 is 9.80 Å². The number of hydrogen-bond donors (Lipinski definition) is 0. The zero-order chi connectivity index (χ0) is 29.8. The lowest BCUT2D eigenvalue weighted by Gasteiger charge is -2.32. The number of allylic oxidation sites excluding steroid dienone is 5. The summed E-state index contributed by atoms with van der Waals surface area (Å²) in [5.41, 5.74) is 8.81. The van der Waals surface area contributed by atoms with Gasteiger partial charge in [-0.3, -0.25) is 0 Å². The van der Waals surface area contributed by atoms with Crippen LogP contribution in [0.4, 0.5) is 11.4 Å². The summed E-state index contributed by atoms with van der Waals surface area (Å²) in [4.78, 5) is 5.30. The van der Waals surface area contributed by atoms with Crippen molar-refractivity contribution in [2.45, 2.75) is 130 Å². The number of benzene rings is 2. The standard InChI is InChI=1S/C40H58N2/c1-6-9-11-13-19-30-41-35(32-34-22-15-17-24-37(34)41)28-26-33(21-8-3)27-29-39-40(4,5)36-23-16-18-25-38(36)42(39)31-20-14-12-10-7-2/h15-18,22-29,39H,6-14,19-21,30-32H2,1-5H3/b29-27+,33-26+,35-28-. The van der Waals surface area contributed by atoms with Crippen LogP contribution in [-0.2, 0) is 11.8 Å². The molecule has 0 aromatic heterocycles. The van der Waals surface area contributed by atoms with Gasteiger partial charge < -0.3 is 9.80 Å². The van der Waals surface area contributed by atoms with Crippen LogP contribution in [0.25, 0.3) is 0 Å². The van der Waals surface area contributed by atoms with E-state index in [-0.39, 0.29) is 5.41 Å². The molecule has 1 unspecified atom stereocenters. The molecule has 228 valence electrons. The molecule has 2 heterocycles. The number of nitrogens with zero attached hydrogens (tertiary/aromatic N) is 2. The van der Waals surface area contributed by atoms with Crippen LogP contribution in [0.3, 0.4) is 0 Å². The fourth-order valence-electron chi connectivity index (χ4n) is 7.04. The Balaban J connectivity index is 1.53. The van der Waals surface area contributed by atoms with Crippen molar-refractivity contribution in [3.63, 3.8) is 0 Å². The highest BCUT2D eigenvalue weighted by atomic mass is 15.2. The molecule has 0 saturated carbocycles. The first-order valence-corrected chi connectivity index (χ1v) is 17.3. The van der Waals surface area contributed by atoms with Gasteiger partial charge in [-0.15, -0.1) is 0 Å². The van der Waals surface area contributed by atoms with E-state index in [1.165, 1.54) is 98.0 Å². The monoisotopic (exact) mass is 566 g/mol. The van der Waals surface area contributed by atoms with Crippen LogP contribution in [-0.4, -0.2) is 19.1 Å². The highest BCUT2D eigenvalue weighted by Crippen LogP contribution is 2.46. The van der Waals surface area contributed by atoms with Crippen molar-refractivity contribution in [3.05, 3.63) is 95.2 Å². The second kappa shape index (κ2) is 16.2. The second-order valence-electron chi connectivity index (χ2n) is 13.2. The summed E-state index contributed by atoms with van der Waals surface area (Å²) in [5.74, 6) is 0. The Kier molecular flexibility index (Phi) is 12.4. The zero-order valence-electron chi connectivity index (χ0n) is 27.5. The quantitative estimate of drug-likeness (QED) is 0.139. The van der Waals surface area contributed by atoms with Gasteiger partial charge in [-0.25, -0.2) is 0 Å². The molecule has 1 atom stereocenters. The molecule has 2 aromatic rings. The first kappa shape index (κ1) is 32.2. The number of para-hydroxylation sites is 2. The summed E-state index contributed by atoms with van der Waals surface area (Å²) < 4.78 is 0. The van der Waals surface area contributed by atoms with Crippen molar-refractivity contribution in [2.24, 2.45) is 0 Å². The second-order valence-corrected chi connectivity index (χ2v) is 13.2. The van der Waals surface area contributed by atoms with Crippen molar-refractivity contribution in [1.82, 2.24) is 0 Å². The predicted octanol–water partition coefficient (Wildman–Crippen LogP) is 11.3. The molecule has 0 amide bonds. The first-order valence-electron chi connectivity index (χ1n) is 17.3. The molecule has 0 N–H and O–H groups in total. The van der Waals surface area contributed by atoms with Crippen LogP contribution in [0.5, 0.6) is 0 Å². The van der Waals surface area contributed by atoms with Crippen LogP contribution in [0.15, 0.2) is 84.1 Å². The molecule has 0 bridgehead atoms. The Labute approximate surface area is 258 Å². The van der Waals surface area contributed by atoms with E-state index in [2.05, 4.69) is 117 Å². The molecule has 2 aromatic carbocycles. The van der Waals surface area contributed by atoms with Crippen molar-refractivity contribution >= 4 is 11.4 Å². The molecule has 4 rings (SSSR count). The van der Waals surface area contributed by atoms with Crippen LogP contribution in [0.2, 0.25) is 0 Å². The maximum Gasteiger partial charge on any atom is 0.0568 e. The van der Waals surface area contributed by atoms with Gasteiger partial charge in [0.1, 0.15) is 0 Å². The van der Waals surface area contributed by atoms with Crippen LogP contribution in [0, 0.1) is 0 Å². The van der Waals surface area contributed by atoms with Crippen molar-refractivity contribution in [2.75, 3.05) is 22.9 Å². The molecule has 0 radical (unpaired) electrons. The Hall–Kier alpha value is -2.74. The molecule has 0 saturated heterocycles. The maximum atomic E-state index is 2.70. The summed E-state index contributed by atoms with van der Waals surface area (Å²) in [7, 11) is 0. The SMILES string of the molecule is CCCCCCCN1\C(=C/C=C(/C=C/C2N(CCCCCCC)c3ccccc3C2(C)C)CCC)Cc2ccccc21. The van der Waals surface area contributed by atoms with Crippen molar-refractivity contribution < 1.29 is 0 Å². The fraction of sp³-hybridized carbons (Fsp3) is 0.550. The van der Waals surface area contributed by atoms with E-state index in [1.807, 2.05) is 0 Å². The molecular formula is C40H58N2.